The van der Waals surface area contributed by atoms with Gasteiger partial charge in [0, 0.05) is 0 Å². The first-order valence-electron chi connectivity index (χ1n) is 7.28. The molecule has 124 valence electrons. The number of hydrogen-bond acceptors (Lipinski definition) is 5. The van der Waals surface area contributed by atoms with Gasteiger partial charge in [-0.2, -0.15) is 0 Å². The van der Waals surface area contributed by atoms with Crippen molar-refractivity contribution in [1.29, 1.82) is 0 Å². The molecule has 1 saturated heterocycles. The SMILES string of the molecule is CCOC(=O)CN1C(=O)NC(C)(c2ccc(OC)c(C)c2)C1=O. The van der Waals surface area contributed by atoms with Crippen LogP contribution in [0.5, 0.6) is 5.75 Å². The lowest BCUT2D eigenvalue weighted by atomic mass is 9.90. The zero-order valence-corrected chi connectivity index (χ0v) is 13.6. The van der Waals surface area contributed by atoms with E-state index in [-0.39, 0.29) is 6.61 Å². The van der Waals surface area contributed by atoms with E-state index < -0.39 is 30.0 Å². The maximum Gasteiger partial charge on any atom is 0.326 e. The highest BCUT2D eigenvalue weighted by atomic mass is 16.5. The smallest absolute Gasteiger partial charge is 0.326 e. The van der Waals surface area contributed by atoms with Crippen molar-refractivity contribution in [3.05, 3.63) is 29.3 Å². The second-order valence-corrected chi connectivity index (χ2v) is 5.44. The summed E-state index contributed by atoms with van der Waals surface area (Å²) in [7, 11) is 1.56. The number of carbonyl (C=O) groups is 3. The minimum absolute atomic E-state index is 0.192. The number of methoxy groups -OCH3 is 1. The monoisotopic (exact) mass is 320 g/mol. The average molecular weight is 320 g/mol. The molecule has 1 aromatic rings. The molecule has 0 aromatic heterocycles. The quantitative estimate of drug-likeness (QED) is 0.653. The molecule has 1 fully saturated rings. The summed E-state index contributed by atoms with van der Waals surface area (Å²) in [5.74, 6) is -0.413. The average Bonchev–Trinajstić information content (AvgIpc) is 2.72. The van der Waals surface area contributed by atoms with E-state index in [1.165, 1.54) is 0 Å². The van der Waals surface area contributed by atoms with Crippen LogP contribution >= 0.6 is 0 Å². The first kappa shape index (κ1) is 16.8. The number of urea groups is 1. The number of benzene rings is 1. The van der Waals surface area contributed by atoms with Gasteiger partial charge in [0.05, 0.1) is 13.7 Å². The molecular formula is C16H20N2O5. The van der Waals surface area contributed by atoms with Crippen LogP contribution in [0.15, 0.2) is 18.2 Å². The second kappa shape index (κ2) is 6.28. The molecule has 1 heterocycles. The largest absolute Gasteiger partial charge is 0.496 e. The third kappa shape index (κ3) is 2.99. The molecule has 7 nitrogen and oxygen atoms in total. The van der Waals surface area contributed by atoms with Crippen LogP contribution < -0.4 is 10.1 Å². The van der Waals surface area contributed by atoms with Gasteiger partial charge in [0.15, 0.2) is 0 Å². The molecule has 1 aromatic carbocycles. The van der Waals surface area contributed by atoms with Crippen LogP contribution in [0.25, 0.3) is 0 Å². The summed E-state index contributed by atoms with van der Waals surface area (Å²) in [6.07, 6.45) is 0. The van der Waals surface area contributed by atoms with Gasteiger partial charge in [-0.15, -0.1) is 0 Å². The summed E-state index contributed by atoms with van der Waals surface area (Å²) < 4.78 is 9.99. The Balaban J connectivity index is 2.29. The van der Waals surface area contributed by atoms with Gasteiger partial charge >= 0.3 is 12.0 Å². The van der Waals surface area contributed by atoms with Crippen LogP contribution in [-0.4, -0.2) is 43.1 Å². The fraction of sp³-hybridized carbons (Fsp3) is 0.438. The Morgan fingerprint density at radius 1 is 1.35 bits per heavy atom. The molecule has 0 bridgehead atoms. The molecule has 7 heteroatoms. The van der Waals surface area contributed by atoms with E-state index in [9.17, 15) is 14.4 Å². The number of ether oxygens (including phenoxy) is 2. The topological polar surface area (TPSA) is 84.9 Å². The van der Waals surface area contributed by atoms with E-state index in [0.717, 1.165) is 10.5 Å². The predicted octanol–water partition coefficient (Wildman–Crippen LogP) is 1.33. The number of carbonyl (C=O) groups excluding carboxylic acids is 3. The van der Waals surface area contributed by atoms with E-state index in [2.05, 4.69) is 5.32 Å². The fourth-order valence-corrected chi connectivity index (χ4v) is 2.56. The predicted molar refractivity (Wildman–Crippen MR) is 82.0 cm³/mol. The summed E-state index contributed by atoms with van der Waals surface area (Å²) in [4.78, 5) is 37.2. The van der Waals surface area contributed by atoms with Crippen LogP contribution in [-0.2, 0) is 19.9 Å². The Hall–Kier alpha value is -2.57. The van der Waals surface area contributed by atoms with Crippen molar-refractivity contribution in [2.75, 3.05) is 20.3 Å². The van der Waals surface area contributed by atoms with Crippen molar-refractivity contribution in [2.45, 2.75) is 26.3 Å². The standard InChI is InChI=1S/C16H20N2O5/c1-5-23-13(19)9-18-14(20)16(3,17-15(18)21)11-6-7-12(22-4)10(2)8-11/h6-8H,5,9H2,1-4H3,(H,17,21). The normalized spacial score (nSPS) is 20.4. The molecule has 1 aliphatic heterocycles. The maximum absolute atomic E-state index is 12.6. The molecule has 1 unspecified atom stereocenters. The third-order valence-electron chi connectivity index (χ3n) is 3.84. The minimum atomic E-state index is -1.22. The number of esters is 1. The molecule has 23 heavy (non-hydrogen) atoms. The minimum Gasteiger partial charge on any atom is -0.496 e. The van der Waals surface area contributed by atoms with Gasteiger partial charge in [-0.1, -0.05) is 6.07 Å². The molecule has 1 atom stereocenters. The number of nitrogens with one attached hydrogen (secondary N) is 1. The third-order valence-corrected chi connectivity index (χ3v) is 3.84. The Bertz CT molecular complexity index is 658. The van der Waals surface area contributed by atoms with Crippen molar-refractivity contribution < 1.29 is 23.9 Å². The van der Waals surface area contributed by atoms with E-state index in [0.29, 0.717) is 11.3 Å². The number of hydrogen-bond donors (Lipinski definition) is 1. The highest BCUT2D eigenvalue weighted by Gasteiger charge is 2.49. The van der Waals surface area contributed by atoms with Crippen molar-refractivity contribution in [3.63, 3.8) is 0 Å². The van der Waals surface area contributed by atoms with E-state index in [1.54, 1.807) is 39.2 Å². The van der Waals surface area contributed by atoms with Crippen LogP contribution in [0.4, 0.5) is 4.79 Å². The molecule has 1 aliphatic rings. The summed E-state index contributed by atoms with van der Waals surface area (Å²) >= 11 is 0. The van der Waals surface area contributed by atoms with E-state index in [4.69, 9.17) is 9.47 Å². The van der Waals surface area contributed by atoms with Crippen LogP contribution in [0.2, 0.25) is 0 Å². The highest BCUT2D eigenvalue weighted by Crippen LogP contribution is 2.31. The summed E-state index contributed by atoms with van der Waals surface area (Å²) in [5.41, 5.74) is 0.248. The van der Waals surface area contributed by atoms with E-state index >= 15 is 0 Å². The van der Waals surface area contributed by atoms with Crippen LogP contribution in [0, 0.1) is 6.92 Å². The Labute approximate surface area is 134 Å². The summed E-state index contributed by atoms with van der Waals surface area (Å²) in [6.45, 7) is 4.91. The van der Waals surface area contributed by atoms with Crippen molar-refractivity contribution >= 4 is 17.9 Å². The number of rotatable bonds is 5. The first-order chi connectivity index (χ1) is 10.8. The van der Waals surface area contributed by atoms with Crippen LogP contribution in [0.1, 0.15) is 25.0 Å². The molecule has 0 saturated carbocycles. The first-order valence-corrected chi connectivity index (χ1v) is 7.28. The highest BCUT2D eigenvalue weighted by molar-refractivity contribution is 6.08. The molecule has 3 amide bonds. The number of amides is 3. The molecule has 0 radical (unpaired) electrons. The number of aryl methyl sites for hydroxylation is 1. The Kier molecular flexibility index (Phi) is 4.58. The molecular weight excluding hydrogens is 300 g/mol. The van der Waals surface area contributed by atoms with Crippen LogP contribution in [0.3, 0.4) is 0 Å². The van der Waals surface area contributed by atoms with E-state index in [1.807, 2.05) is 6.92 Å². The van der Waals surface area contributed by atoms with Gasteiger partial charge in [0.25, 0.3) is 5.91 Å². The van der Waals surface area contributed by atoms with Crippen molar-refractivity contribution in [1.82, 2.24) is 10.2 Å². The summed E-state index contributed by atoms with van der Waals surface area (Å²) in [5, 5.41) is 2.65. The lowest BCUT2D eigenvalue weighted by Gasteiger charge is -2.23. The van der Waals surface area contributed by atoms with Gasteiger partial charge in [0.2, 0.25) is 0 Å². The lowest BCUT2D eigenvalue weighted by Crippen LogP contribution is -2.41. The fourth-order valence-electron chi connectivity index (χ4n) is 2.56. The zero-order valence-electron chi connectivity index (χ0n) is 13.6. The van der Waals surface area contributed by atoms with Crippen molar-refractivity contribution in [3.8, 4) is 5.75 Å². The number of nitrogens with zero attached hydrogens (tertiary/aromatic N) is 1. The Morgan fingerprint density at radius 3 is 2.61 bits per heavy atom. The summed E-state index contributed by atoms with van der Waals surface area (Å²) in [6, 6.07) is 4.63. The van der Waals surface area contributed by atoms with Crippen molar-refractivity contribution in [2.24, 2.45) is 0 Å². The Morgan fingerprint density at radius 2 is 2.04 bits per heavy atom. The molecule has 0 spiro atoms. The number of imide groups is 1. The van der Waals surface area contributed by atoms with Gasteiger partial charge < -0.3 is 14.8 Å². The maximum atomic E-state index is 12.6. The zero-order chi connectivity index (χ0) is 17.2. The van der Waals surface area contributed by atoms with Gasteiger partial charge in [0.1, 0.15) is 17.8 Å². The van der Waals surface area contributed by atoms with Gasteiger partial charge in [-0.05, 0) is 44.0 Å². The second-order valence-electron chi connectivity index (χ2n) is 5.44. The molecule has 1 N–H and O–H groups in total. The molecule has 2 rings (SSSR count). The lowest BCUT2D eigenvalue weighted by molar-refractivity contribution is -0.147. The van der Waals surface area contributed by atoms with Gasteiger partial charge in [-0.3, -0.25) is 14.5 Å². The molecule has 0 aliphatic carbocycles. The van der Waals surface area contributed by atoms with Gasteiger partial charge in [-0.25, -0.2) is 4.79 Å².